The molecule has 3 heteroatoms. The minimum absolute atomic E-state index is 0.191. The van der Waals surface area contributed by atoms with Crippen molar-refractivity contribution in [2.75, 3.05) is 18.8 Å². The third kappa shape index (κ3) is 8.37. The van der Waals surface area contributed by atoms with Crippen LogP contribution in [0.1, 0.15) is 27.2 Å². The Morgan fingerprint density at radius 1 is 1.42 bits per heavy atom. The van der Waals surface area contributed by atoms with Crippen LogP contribution < -0.4 is 5.32 Å². The SMILES string of the molecule is CCCNCC(O)CSC(C)C. The van der Waals surface area contributed by atoms with Gasteiger partial charge >= 0.3 is 0 Å². The van der Waals surface area contributed by atoms with Crippen molar-refractivity contribution in [1.82, 2.24) is 5.32 Å². The summed E-state index contributed by atoms with van der Waals surface area (Å²) in [5.41, 5.74) is 0. The predicted molar refractivity (Wildman–Crippen MR) is 56.8 cm³/mol. The molecule has 2 N–H and O–H groups in total. The summed E-state index contributed by atoms with van der Waals surface area (Å²) in [7, 11) is 0. The molecule has 0 spiro atoms. The molecule has 0 bridgehead atoms. The number of hydrogen-bond acceptors (Lipinski definition) is 3. The van der Waals surface area contributed by atoms with Gasteiger partial charge in [0.2, 0.25) is 0 Å². The maximum absolute atomic E-state index is 9.44. The highest BCUT2D eigenvalue weighted by Gasteiger charge is 2.04. The fraction of sp³-hybridized carbons (Fsp3) is 1.00. The Morgan fingerprint density at radius 3 is 2.58 bits per heavy atom. The standard InChI is InChI=1S/C9H21NOS/c1-4-5-10-6-9(11)7-12-8(2)3/h8-11H,4-7H2,1-3H3. The van der Waals surface area contributed by atoms with Crippen molar-refractivity contribution in [3.63, 3.8) is 0 Å². The summed E-state index contributed by atoms with van der Waals surface area (Å²) in [5.74, 6) is 0.842. The fourth-order valence-corrected chi connectivity index (χ4v) is 1.53. The minimum Gasteiger partial charge on any atom is -0.391 e. The van der Waals surface area contributed by atoms with Crippen molar-refractivity contribution in [3.05, 3.63) is 0 Å². The van der Waals surface area contributed by atoms with Crippen LogP contribution >= 0.6 is 11.8 Å². The van der Waals surface area contributed by atoms with E-state index in [-0.39, 0.29) is 6.10 Å². The molecule has 0 aliphatic rings. The van der Waals surface area contributed by atoms with Crippen LogP contribution in [0.2, 0.25) is 0 Å². The zero-order valence-corrected chi connectivity index (χ0v) is 9.16. The Hall–Kier alpha value is 0.270. The van der Waals surface area contributed by atoms with E-state index < -0.39 is 0 Å². The molecule has 0 fully saturated rings. The molecule has 0 radical (unpaired) electrons. The summed E-state index contributed by atoms with van der Waals surface area (Å²) in [4.78, 5) is 0. The van der Waals surface area contributed by atoms with E-state index in [0.29, 0.717) is 5.25 Å². The second-order valence-corrected chi connectivity index (χ2v) is 4.85. The van der Waals surface area contributed by atoms with Gasteiger partial charge in [-0.1, -0.05) is 20.8 Å². The number of aliphatic hydroxyl groups excluding tert-OH is 1. The molecule has 0 saturated carbocycles. The molecule has 0 aromatic heterocycles. The molecule has 2 nitrogen and oxygen atoms in total. The highest BCUT2D eigenvalue weighted by Crippen LogP contribution is 2.09. The Labute approximate surface area is 80.1 Å². The summed E-state index contributed by atoms with van der Waals surface area (Å²) in [6.45, 7) is 8.16. The zero-order valence-electron chi connectivity index (χ0n) is 8.34. The van der Waals surface area contributed by atoms with Gasteiger partial charge < -0.3 is 10.4 Å². The van der Waals surface area contributed by atoms with Gasteiger partial charge in [0.15, 0.2) is 0 Å². The van der Waals surface area contributed by atoms with E-state index in [1.807, 2.05) is 11.8 Å². The molecule has 0 amide bonds. The van der Waals surface area contributed by atoms with Crippen molar-refractivity contribution in [2.45, 2.75) is 38.5 Å². The lowest BCUT2D eigenvalue weighted by molar-refractivity contribution is 0.196. The second-order valence-electron chi connectivity index (χ2n) is 3.24. The van der Waals surface area contributed by atoms with Crippen LogP contribution in [0.4, 0.5) is 0 Å². The highest BCUT2D eigenvalue weighted by atomic mass is 32.2. The Morgan fingerprint density at radius 2 is 2.08 bits per heavy atom. The molecule has 0 rings (SSSR count). The van der Waals surface area contributed by atoms with E-state index in [1.165, 1.54) is 0 Å². The monoisotopic (exact) mass is 191 g/mol. The Bertz CT molecular complexity index is 98.5. The first kappa shape index (κ1) is 12.3. The summed E-state index contributed by atoms with van der Waals surface area (Å²) in [6, 6.07) is 0. The second kappa shape index (κ2) is 7.90. The van der Waals surface area contributed by atoms with Crippen LogP contribution in [0.5, 0.6) is 0 Å². The quantitative estimate of drug-likeness (QED) is 0.598. The van der Waals surface area contributed by atoms with Crippen molar-refractivity contribution >= 4 is 11.8 Å². The lowest BCUT2D eigenvalue weighted by Gasteiger charge is -2.12. The summed E-state index contributed by atoms with van der Waals surface area (Å²) >= 11 is 1.81. The van der Waals surface area contributed by atoms with E-state index in [4.69, 9.17) is 0 Å². The topological polar surface area (TPSA) is 32.3 Å². The van der Waals surface area contributed by atoms with E-state index in [1.54, 1.807) is 0 Å². The van der Waals surface area contributed by atoms with Crippen LogP contribution in [-0.2, 0) is 0 Å². The largest absolute Gasteiger partial charge is 0.391 e. The zero-order chi connectivity index (χ0) is 9.40. The maximum Gasteiger partial charge on any atom is 0.0754 e. The molecule has 0 aliphatic carbocycles. The van der Waals surface area contributed by atoms with Crippen molar-refractivity contribution in [2.24, 2.45) is 0 Å². The van der Waals surface area contributed by atoms with E-state index >= 15 is 0 Å². The smallest absolute Gasteiger partial charge is 0.0754 e. The van der Waals surface area contributed by atoms with Crippen molar-refractivity contribution < 1.29 is 5.11 Å². The molecule has 0 heterocycles. The molecular weight excluding hydrogens is 170 g/mol. The van der Waals surface area contributed by atoms with Gasteiger partial charge in [0.1, 0.15) is 0 Å². The van der Waals surface area contributed by atoms with E-state index in [9.17, 15) is 5.11 Å². The van der Waals surface area contributed by atoms with Crippen LogP contribution in [0, 0.1) is 0 Å². The minimum atomic E-state index is -0.191. The van der Waals surface area contributed by atoms with Gasteiger partial charge in [-0.25, -0.2) is 0 Å². The third-order valence-corrected chi connectivity index (χ3v) is 2.67. The lowest BCUT2D eigenvalue weighted by atomic mass is 10.4. The molecule has 0 aromatic carbocycles. The van der Waals surface area contributed by atoms with Gasteiger partial charge in [-0.2, -0.15) is 11.8 Å². The summed E-state index contributed by atoms with van der Waals surface area (Å²) < 4.78 is 0. The van der Waals surface area contributed by atoms with Gasteiger partial charge in [0.25, 0.3) is 0 Å². The number of aliphatic hydroxyl groups is 1. The van der Waals surface area contributed by atoms with E-state index in [2.05, 4.69) is 26.1 Å². The first-order valence-electron chi connectivity index (χ1n) is 4.67. The summed E-state index contributed by atoms with van der Waals surface area (Å²) in [6.07, 6.45) is 0.938. The first-order chi connectivity index (χ1) is 5.66. The van der Waals surface area contributed by atoms with Crippen molar-refractivity contribution in [1.29, 1.82) is 0 Å². The van der Waals surface area contributed by atoms with Crippen LogP contribution in [0.25, 0.3) is 0 Å². The highest BCUT2D eigenvalue weighted by molar-refractivity contribution is 7.99. The van der Waals surface area contributed by atoms with Crippen LogP contribution in [0.15, 0.2) is 0 Å². The number of hydrogen-bond donors (Lipinski definition) is 2. The molecule has 0 aromatic rings. The molecule has 1 atom stereocenters. The fourth-order valence-electron chi connectivity index (χ4n) is 0.808. The van der Waals surface area contributed by atoms with Crippen LogP contribution in [-0.4, -0.2) is 35.3 Å². The average Bonchev–Trinajstić information content (AvgIpc) is 2.01. The molecule has 1 unspecified atom stereocenters. The number of nitrogens with one attached hydrogen (secondary N) is 1. The van der Waals surface area contributed by atoms with Crippen LogP contribution in [0.3, 0.4) is 0 Å². The normalized spacial score (nSPS) is 13.8. The molecule has 12 heavy (non-hydrogen) atoms. The van der Waals surface area contributed by atoms with Gasteiger partial charge in [-0.15, -0.1) is 0 Å². The maximum atomic E-state index is 9.44. The predicted octanol–water partition coefficient (Wildman–Crippen LogP) is 1.49. The lowest BCUT2D eigenvalue weighted by Crippen LogP contribution is -2.29. The molecule has 0 saturated heterocycles. The third-order valence-electron chi connectivity index (χ3n) is 1.43. The Kier molecular flexibility index (Phi) is 8.07. The Balaban J connectivity index is 3.15. The van der Waals surface area contributed by atoms with Gasteiger partial charge in [-0.05, 0) is 18.2 Å². The molecule has 0 aliphatic heterocycles. The first-order valence-corrected chi connectivity index (χ1v) is 5.72. The van der Waals surface area contributed by atoms with Gasteiger partial charge in [0, 0.05) is 12.3 Å². The number of rotatable bonds is 7. The molecular formula is C9H21NOS. The summed E-state index contributed by atoms with van der Waals surface area (Å²) in [5, 5.41) is 13.3. The molecule has 74 valence electrons. The van der Waals surface area contributed by atoms with E-state index in [0.717, 1.165) is 25.3 Å². The van der Waals surface area contributed by atoms with Crippen molar-refractivity contribution in [3.8, 4) is 0 Å². The van der Waals surface area contributed by atoms with Gasteiger partial charge in [-0.3, -0.25) is 0 Å². The van der Waals surface area contributed by atoms with Gasteiger partial charge in [0.05, 0.1) is 6.10 Å². The number of thioether (sulfide) groups is 1. The average molecular weight is 191 g/mol.